The van der Waals surface area contributed by atoms with Crippen LogP contribution in [0.15, 0.2) is 42.5 Å². The highest BCUT2D eigenvalue weighted by Gasteiger charge is 2.26. The van der Waals surface area contributed by atoms with Gasteiger partial charge in [-0.1, -0.05) is 18.2 Å². The van der Waals surface area contributed by atoms with Gasteiger partial charge in [0.25, 0.3) is 0 Å². The summed E-state index contributed by atoms with van der Waals surface area (Å²) in [6.45, 7) is 3.85. The highest BCUT2D eigenvalue weighted by atomic mass is 19.1. The summed E-state index contributed by atoms with van der Waals surface area (Å²) in [6.07, 6.45) is 1.41. The molecule has 0 saturated heterocycles. The van der Waals surface area contributed by atoms with Crippen LogP contribution in [-0.2, 0) is 6.42 Å². The lowest BCUT2D eigenvalue weighted by Gasteiger charge is -2.38. The molecule has 110 valence electrons. The molecule has 3 rings (SSSR count). The third-order valence-corrected chi connectivity index (χ3v) is 4.22. The van der Waals surface area contributed by atoms with E-state index in [1.165, 1.54) is 17.7 Å². The number of nitrogens with zero attached hydrogens (tertiary/aromatic N) is 1. The molecule has 0 amide bonds. The van der Waals surface area contributed by atoms with E-state index >= 15 is 0 Å². The lowest BCUT2D eigenvalue weighted by Crippen LogP contribution is -2.34. The van der Waals surface area contributed by atoms with Gasteiger partial charge in [0.15, 0.2) is 0 Å². The number of rotatable bonds is 2. The van der Waals surface area contributed by atoms with Crippen LogP contribution in [0.5, 0.6) is 0 Å². The molecular formula is C18H20FNO. The van der Waals surface area contributed by atoms with Crippen LogP contribution in [0.3, 0.4) is 0 Å². The minimum Gasteiger partial charge on any atom is -0.389 e. The minimum atomic E-state index is -0.697. The van der Waals surface area contributed by atoms with Crippen LogP contribution in [0.25, 0.3) is 0 Å². The van der Waals surface area contributed by atoms with E-state index in [2.05, 4.69) is 24.0 Å². The monoisotopic (exact) mass is 285 g/mol. The van der Waals surface area contributed by atoms with Gasteiger partial charge in [0.1, 0.15) is 5.82 Å². The molecule has 1 aliphatic heterocycles. The standard InChI is InChI=1S/C18H20FNO/c1-12-7-8-14-5-3-4-6-17(14)20(12)18-10-9-15(19)11-16(18)13(2)21/h3-6,9-13,21H,7-8H2,1-2H3/t12?,13-/m0/s1. The zero-order valence-corrected chi connectivity index (χ0v) is 12.4. The second-order valence-electron chi connectivity index (χ2n) is 5.77. The van der Waals surface area contributed by atoms with Crippen molar-refractivity contribution in [3.8, 4) is 0 Å². The molecule has 0 spiro atoms. The Kier molecular flexibility index (Phi) is 3.68. The van der Waals surface area contributed by atoms with E-state index < -0.39 is 6.10 Å². The summed E-state index contributed by atoms with van der Waals surface area (Å²) in [5, 5.41) is 10.0. The fourth-order valence-corrected chi connectivity index (χ4v) is 3.13. The molecule has 1 aliphatic rings. The van der Waals surface area contributed by atoms with E-state index in [9.17, 15) is 9.50 Å². The van der Waals surface area contributed by atoms with Crippen LogP contribution in [0, 0.1) is 5.82 Å². The van der Waals surface area contributed by atoms with Crippen molar-refractivity contribution in [1.82, 2.24) is 0 Å². The zero-order chi connectivity index (χ0) is 15.0. The molecule has 0 bridgehead atoms. The van der Waals surface area contributed by atoms with Crippen molar-refractivity contribution in [2.24, 2.45) is 0 Å². The lowest BCUT2D eigenvalue weighted by atomic mass is 9.94. The number of hydrogen-bond acceptors (Lipinski definition) is 2. The molecule has 21 heavy (non-hydrogen) atoms. The van der Waals surface area contributed by atoms with Crippen LogP contribution < -0.4 is 4.90 Å². The molecule has 0 saturated carbocycles. The first kappa shape index (κ1) is 14.1. The first-order valence-corrected chi connectivity index (χ1v) is 7.42. The molecule has 2 aromatic rings. The van der Waals surface area contributed by atoms with Crippen LogP contribution >= 0.6 is 0 Å². The molecule has 0 fully saturated rings. The van der Waals surface area contributed by atoms with Crippen molar-refractivity contribution in [2.45, 2.75) is 38.8 Å². The van der Waals surface area contributed by atoms with Crippen molar-refractivity contribution in [2.75, 3.05) is 4.90 Å². The van der Waals surface area contributed by atoms with E-state index in [-0.39, 0.29) is 5.82 Å². The Hall–Kier alpha value is -1.87. The van der Waals surface area contributed by atoms with Crippen LogP contribution in [0.2, 0.25) is 0 Å². The number of anilines is 2. The summed E-state index contributed by atoms with van der Waals surface area (Å²) in [5.41, 5.74) is 3.99. The van der Waals surface area contributed by atoms with Gasteiger partial charge in [0.05, 0.1) is 6.10 Å². The molecule has 1 N–H and O–H groups in total. The molecule has 2 nitrogen and oxygen atoms in total. The van der Waals surface area contributed by atoms with Gasteiger partial charge in [-0.15, -0.1) is 0 Å². The summed E-state index contributed by atoms with van der Waals surface area (Å²) >= 11 is 0. The van der Waals surface area contributed by atoms with Crippen LogP contribution in [0.1, 0.15) is 37.5 Å². The second kappa shape index (κ2) is 5.49. The first-order chi connectivity index (χ1) is 10.1. The number of para-hydroxylation sites is 1. The summed E-state index contributed by atoms with van der Waals surface area (Å²) in [6, 6.07) is 13.3. The minimum absolute atomic E-state index is 0.312. The van der Waals surface area contributed by atoms with Gasteiger partial charge in [-0.2, -0.15) is 0 Å². The van der Waals surface area contributed by atoms with E-state index in [1.807, 2.05) is 12.1 Å². The fourth-order valence-electron chi connectivity index (χ4n) is 3.13. The molecule has 0 aliphatic carbocycles. The van der Waals surface area contributed by atoms with Crippen molar-refractivity contribution in [3.05, 3.63) is 59.4 Å². The van der Waals surface area contributed by atoms with Gasteiger partial charge in [0.2, 0.25) is 0 Å². The van der Waals surface area contributed by atoms with Crippen molar-refractivity contribution < 1.29 is 9.50 Å². The number of halogens is 1. The highest BCUT2D eigenvalue weighted by Crippen LogP contribution is 2.40. The van der Waals surface area contributed by atoms with E-state index in [1.54, 1.807) is 13.0 Å². The zero-order valence-electron chi connectivity index (χ0n) is 12.4. The Labute approximate surface area is 124 Å². The smallest absolute Gasteiger partial charge is 0.123 e. The highest BCUT2D eigenvalue weighted by molar-refractivity contribution is 5.71. The summed E-state index contributed by atoms with van der Waals surface area (Å²) in [7, 11) is 0. The molecular weight excluding hydrogens is 265 g/mol. The van der Waals surface area contributed by atoms with Gasteiger partial charge >= 0.3 is 0 Å². The third-order valence-electron chi connectivity index (χ3n) is 4.22. The number of benzene rings is 2. The maximum Gasteiger partial charge on any atom is 0.123 e. The van der Waals surface area contributed by atoms with E-state index in [0.29, 0.717) is 11.6 Å². The van der Waals surface area contributed by atoms with E-state index in [4.69, 9.17) is 0 Å². The maximum absolute atomic E-state index is 13.5. The van der Waals surface area contributed by atoms with Crippen LogP contribution in [0.4, 0.5) is 15.8 Å². The van der Waals surface area contributed by atoms with Gasteiger partial charge in [-0.3, -0.25) is 0 Å². The lowest BCUT2D eigenvalue weighted by molar-refractivity contribution is 0.199. The Morgan fingerprint density at radius 2 is 1.95 bits per heavy atom. The van der Waals surface area contributed by atoms with Crippen molar-refractivity contribution in [1.29, 1.82) is 0 Å². The number of fused-ring (bicyclic) bond motifs is 1. The third kappa shape index (κ3) is 2.54. The molecule has 2 atom stereocenters. The number of aliphatic hydroxyl groups excluding tert-OH is 1. The molecule has 0 radical (unpaired) electrons. The Bertz CT molecular complexity index is 653. The number of aliphatic hydroxyl groups is 1. The topological polar surface area (TPSA) is 23.5 Å². The average molecular weight is 285 g/mol. The second-order valence-corrected chi connectivity index (χ2v) is 5.77. The molecule has 1 unspecified atom stereocenters. The van der Waals surface area contributed by atoms with Gasteiger partial charge < -0.3 is 10.0 Å². The van der Waals surface area contributed by atoms with Crippen LogP contribution in [-0.4, -0.2) is 11.1 Å². The predicted molar refractivity (Wildman–Crippen MR) is 83.4 cm³/mol. The SMILES string of the molecule is CC1CCc2ccccc2N1c1ccc(F)cc1[C@H](C)O. The van der Waals surface area contributed by atoms with Gasteiger partial charge in [-0.25, -0.2) is 4.39 Å². The summed E-state index contributed by atoms with van der Waals surface area (Å²) < 4.78 is 13.5. The fraction of sp³-hybridized carbons (Fsp3) is 0.333. The van der Waals surface area contributed by atoms with Gasteiger partial charge in [0, 0.05) is 23.0 Å². The maximum atomic E-state index is 13.5. The molecule has 2 aromatic carbocycles. The van der Waals surface area contributed by atoms with Crippen molar-refractivity contribution >= 4 is 11.4 Å². The summed E-state index contributed by atoms with van der Waals surface area (Å²) in [4.78, 5) is 2.22. The van der Waals surface area contributed by atoms with Gasteiger partial charge in [-0.05, 0) is 56.5 Å². The Balaban J connectivity index is 2.16. The summed E-state index contributed by atoms with van der Waals surface area (Å²) in [5.74, 6) is -0.312. The molecule has 3 heteroatoms. The van der Waals surface area contributed by atoms with E-state index in [0.717, 1.165) is 24.2 Å². The number of hydrogen-bond donors (Lipinski definition) is 1. The Morgan fingerprint density at radius 1 is 1.19 bits per heavy atom. The quantitative estimate of drug-likeness (QED) is 0.886. The Morgan fingerprint density at radius 3 is 2.71 bits per heavy atom. The number of aryl methyl sites for hydroxylation is 1. The average Bonchev–Trinajstić information content (AvgIpc) is 2.47. The molecule has 0 aromatic heterocycles. The molecule has 1 heterocycles. The van der Waals surface area contributed by atoms with Crippen molar-refractivity contribution in [3.63, 3.8) is 0 Å². The normalized spacial score (nSPS) is 19.2. The predicted octanol–water partition coefficient (Wildman–Crippen LogP) is 4.35. The largest absolute Gasteiger partial charge is 0.389 e. The first-order valence-electron chi connectivity index (χ1n) is 7.42.